The SMILES string of the molecule is CCCCCCNC(=O)[C@H]1CCCN1c1nc(Cc2ccc(Cl)cc2)ns1. The van der Waals surface area contributed by atoms with E-state index in [1.54, 1.807) is 0 Å². The number of hydrogen-bond acceptors (Lipinski definition) is 5. The molecule has 1 fully saturated rings. The van der Waals surface area contributed by atoms with Crippen LogP contribution in [0.3, 0.4) is 0 Å². The van der Waals surface area contributed by atoms with Crippen LogP contribution in [-0.4, -0.2) is 34.4 Å². The Morgan fingerprint density at radius 3 is 2.89 bits per heavy atom. The molecule has 0 spiro atoms. The molecule has 1 aromatic heterocycles. The molecule has 1 aromatic carbocycles. The second kappa shape index (κ2) is 10.0. The van der Waals surface area contributed by atoms with Gasteiger partial charge < -0.3 is 10.2 Å². The van der Waals surface area contributed by atoms with Crippen LogP contribution in [0.5, 0.6) is 0 Å². The number of benzene rings is 1. The van der Waals surface area contributed by atoms with E-state index in [0.29, 0.717) is 6.42 Å². The van der Waals surface area contributed by atoms with Crippen molar-refractivity contribution in [1.29, 1.82) is 0 Å². The molecule has 0 saturated carbocycles. The molecule has 0 aliphatic carbocycles. The number of carbonyl (C=O) groups excluding carboxylic acids is 1. The standard InChI is InChI=1S/C20H27ClN4OS/c1-2-3-4-5-12-22-19(26)17-7-6-13-25(17)20-23-18(24-27-20)14-15-8-10-16(21)11-9-15/h8-11,17H,2-7,12-14H2,1H3,(H,22,26)/t17-/m1/s1. The quantitative estimate of drug-likeness (QED) is 0.625. The number of carbonyl (C=O) groups is 1. The second-order valence-corrected chi connectivity index (χ2v) is 8.17. The summed E-state index contributed by atoms with van der Waals surface area (Å²) in [6.07, 6.45) is 7.24. The number of halogens is 1. The van der Waals surface area contributed by atoms with E-state index < -0.39 is 0 Å². The van der Waals surface area contributed by atoms with Crippen molar-refractivity contribution in [3.63, 3.8) is 0 Å². The monoisotopic (exact) mass is 406 g/mol. The van der Waals surface area contributed by atoms with Gasteiger partial charge in [-0.1, -0.05) is 49.9 Å². The first-order valence-electron chi connectivity index (χ1n) is 9.78. The Balaban J connectivity index is 1.56. The zero-order valence-corrected chi connectivity index (χ0v) is 17.4. The van der Waals surface area contributed by atoms with Crippen molar-refractivity contribution in [3.8, 4) is 0 Å². The molecule has 1 atom stereocenters. The molecule has 0 radical (unpaired) electrons. The third-order valence-electron chi connectivity index (χ3n) is 4.86. The fourth-order valence-electron chi connectivity index (χ4n) is 3.37. The maximum Gasteiger partial charge on any atom is 0.242 e. The molecule has 1 amide bonds. The molecule has 1 N–H and O–H groups in total. The lowest BCUT2D eigenvalue weighted by Gasteiger charge is -2.22. The predicted octanol–water partition coefficient (Wildman–Crippen LogP) is 4.45. The van der Waals surface area contributed by atoms with Crippen LogP contribution in [0.2, 0.25) is 5.02 Å². The number of hydrogen-bond donors (Lipinski definition) is 1. The van der Waals surface area contributed by atoms with E-state index in [1.165, 1.54) is 30.8 Å². The molecule has 0 unspecified atom stereocenters. The average Bonchev–Trinajstić information content (AvgIpc) is 3.32. The Kier molecular flexibility index (Phi) is 7.47. The van der Waals surface area contributed by atoms with Gasteiger partial charge in [-0.2, -0.15) is 4.37 Å². The summed E-state index contributed by atoms with van der Waals surface area (Å²) in [6.45, 7) is 3.82. The number of aromatic nitrogens is 2. The third kappa shape index (κ3) is 5.66. The maximum atomic E-state index is 12.6. The first-order chi connectivity index (χ1) is 13.2. The lowest BCUT2D eigenvalue weighted by Crippen LogP contribution is -2.43. The Labute approximate surface area is 170 Å². The zero-order chi connectivity index (χ0) is 19.1. The highest BCUT2D eigenvalue weighted by atomic mass is 35.5. The average molecular weight is 407 g/mol. The Hall–Kier alpha value is -1.66. The van der Waals surface area contributed by atoms with Crippen molar-refractivity contribution < 1.29 is 4.79 Å². The summed E-state index contributed by atoms with van der Waals surface area (Å²) in [6, 6.07) is 7.63. The molecule has 3 rings (SSSR count). The van der Waals surface area contributed by atoms with E-state index in [1.807, 2.05) is 24.3 Å². The molecule has 5 nitrogen and oxygen atoms in total. The second-order valence-electron chi connectivity index (χ2n) is 7.00. The van der Waals surface area contributed by atoms with Crippen molar-refractivity contribution >= 4 is 34.2 Å². The molecule has 0 bridgehead atoms. The van der Waals surface area contributed by atoms with Gasteiger partial charge in [0.25, 0.3) is 0 Å². The highest BCUT2D eigenvalue weighted by molar-refractivity contribution is 7.09. The number of amides is 1. The fraction of sp³-hybridized carbons (Fsp3) is 0.550. The molecule has 1 aliphatic rings. The number of nitrogens with zero attached hydrogens (tertiary/aromatic N) is 3. The first-order valence-corrected chi connectivity index (χ1v) is 10.9. The van der Waals surface area contributed by atoms with Gasteiger partial charge in [-0.3, -0.25) is 4.79 Å². The predicted molar refractivity (Wildman–Crippen MR) is 112 cm³/mol. The molecule has 2 heterocycles. The molecular formula is C20H27ClN4OS. The zero-order valence-electron chi connectivity index (χ0n) is 15.8. The van der Waals surface area contributed by atoms with Crippen LogP contribution in [0.4, 0.5) is 5.13 Å². The van der Waals surface area contributed by atoms with Crippen molar-refractivity contribution in [1.82, 2.24) is 14.7 Å². The topological polar surface area (TPSA) is 58.1 Å². The highest BCUT2D eigenvalue weighted by Gasteiger charge is 2.32. The summed E-state index contributed by atoms with van der Waals surface area (Å²) in [5.41, 5.74) is 1.13. The summed E-state index contributed by atoms with van der Waals surface area (Å²) in [5, 5.41) is 4.68. The minimum atomic E-state index is -0.118. The molecular weight excluding hydrogens is 380 g/mol. The Morgan fingerprint density at radius 1 is 1.30 bits per heavy atom. The van der Waals surface area contributed by atoms with Gasteiger partial charge in [0.1, 0.15) is 11.9 Å². The third-order valence-corrected chi connectivity index (χ3v) is 5.91. The first kappa shape index (κ1) is 20.1. The van der Waals surface area contributed by atoms with E-state index in [9.17, 15) is 4.79 Å². The summed E-state index contributed by atoms with van der Waals surface area (Å²) >= 11 is 7.32. The van der Waals surface area contributed by atoms with Crippen LogP contribution in [0.15, 0.2) is 24.3 Å². The van der Waals surface area contributed by atoms with Crippen molar-refractivity contribution in [2.45, 2.75) is 57.9 Å². The summed E-state index contributed by atoms with van der Waals surface area (Å²) in [7, 11) is 0. The number of unbranched alkanes of at least 4 members (excludes halogenated alkanes) is 3. The number of anilines is 1. The van der Waals surface area contributed by atoms with E-state index >= 15 is 0 Å². The van der Waals surface area contributed by atoms with Crippen LogP contribution in [-0.2, 0) is 11.2 Å². The largest absolute Gasteiger partial charge is 0.354 e. The van der Waals surface area contributed by atoms with Crippen LogP contribution in [0.1, 0.15) is 56.8 Å². The van der Waals surface area contributed by atoms with Crippen molar-refractivity contribution in [3.05, 3.63) is 40.7 Å². The van der Waals surface area contributed by atoms with Gasteiger partial charge in [0, 0.05) is 36.1 Å². The minimum absolute atomic E-state index is 0.118. The smallest absolute Gasteiger partial charge is 0.242 e. The molecule has 27 heavy (non-hydrogen) atoms. The van der Waals surface area contributed by atoms with Crippen molar-refractivity contribution in [2.24, 2.45) is 0 Å². The molecule has 1 saturated heterocycles. The Bertz CT molecular complexity index is 734. The van der Waals surface area contributed by atoms with Gasteiger partial charge in [0.15, 0.2) is 0 Å². The van der Waals surface area contributed by atoms with Crippen molar-refractivity contribution in [2.75, 3.05) is 18.0 Å². The van der Waals surface area contributed by atoms with E-state index in [4.69, 9.17) is 11.6 Å². The fourth-order valence-corrected chi connectivity index (χ4v) is 4.26. The molecule has 1 aliphatic heterocycles. The van der Waals surface area contributed by atoms with Gasteiger partial charge in [-0.25, -0.2) is 4.98 Å². The molecule has 7 heteroatoms. The van der Waals surface area contributed by atoms with E-state index in [-0.39, 0.29) is 11.9 Å². The van der Waals surface area contributed by atoms with Gasteiger partial charge >= 0.3 is 0 Å². The van der Waals surface area contributed by atoms with Gasteiger partial charge in [-0.05, 0) is 37.0 Å². The lowest BCUT2D eigenvalue weighted by atomic mass is 10.1. The highest BCUT2D eigenvalue weighted by Crippen LogP contribution is 2.28. The molecule has 146 valence electrons. The summed E-state index contributed by atoms with van der Waals surface area (Å²) in [5.74, 6) is 0.918. The maximum absolute atomic E-state index is 12.6. The van der Waals surface area contributed by atoms with Crippen LogP contribution in [0.25, 0.3) is 0 Å². The van der Waals surface area contributed by atoms with E-state index in [0.717, 1.165) is 53.9 Å². The summed E-state index contributed by atoms with van der Waals surface area (Å²) in [4.78, 5) is 19.4. The van der Waals surface area contributed by atoms with Gasteiger partial charge in [0.2, 0.25) is 11.0 Å². The van der Waals surface area contributed by atoms with Crippen LogP contribution < -0.4 is 10.2 Å². The van der Waals surface area contributed by atoms with Gasteiger partial charge in [0.05, 0.1) is 0 Å². The summed E-state index contributed by atoms with van der Waals surface area (Å²) < 4.78 is 4.49. The van der Waals surface area contributed by atoms with Gasteiger partial charge in [-0.15, -0.1) is 0 Å². The van der Waals surface area contributed by atoms with E-state index in [2.05, 4.69) is 26.5 Å². The normalized spacial score (nSPS) is 16.7. The number of rotatable bonds is 9. The minimum Gasteiger partial charge on any atom is -0.354 e. The Morgan fingerprint density at radius 2 is 2.11 bits per heavy atom. The molecule has 2 aromatic rings. The van der Waals surface area contributed by atoms with Crippen LogP contribution >= 0.6 is 23.1 Å². The van der Waals surface area contributed by atoms with Crippen LogP contribution in [0, 0.1) is 0 Å². The number of nitrogens with one attached hydrogen (secondary N) is 1. The lowest BCUT2D eigenvalue weighted by molar-refractivity contribution is -0.122.